The number of hydrogen-bond acceptors (Lipinski definition) is 4. The van der Waals surface area contributed by atoms with Gasteiger partial charge in [-0.25, -0.2) is 14.8 Å². The van der Waals surface area contributed by atoms with Crippen molar-refractivity contribution in [2.45, 2.75) is 25.9 Å². The summed E-state index contributed by atoms with van der Waals surface area (Å²) in [5, 5.41) is 9.08. The minimum absolute atomic E-state index is 0.147. The SMILES string of the molecule is Cc1nccn1-c1ncccc1CNC(=O)N[C@H]1CCNC1. The van der Waals surface area contributed by atoms with Gasteiger partial charge in [0.2, 0.25) is 0 Å². The molecule has 0 unspecified atom stereocenters. The van der Waals surface area contributed by atoms with Crippen LogP contribution < -0.4 is 16.0 Å². The third-order valence-electron chi connectivity index (χ3n) is 3.76. The first kappa shape index (κ1) is 14.5. The first-order chi connectivity index (χ1) is 10.7. The van der Waals surface area contributed by atoms with Gasteiger partial charge in [0.05, 0.1) is 0 Å². The summed E-state index contributed by atoms with van der Waals surface area (Å²) in [5.74, 6) is 1.65. The van der Waals surface area contributed by atoms with Gasteiger partial charge >= 0.3 is 6.03 Å². The van der Waals surface area contributed by atoms with E-state index in [1.54, 1.807) is 12.4 Å². The second-order valence-corrected chi connectivity index (χ2v) is 5.35. The summed E-state index contributed by atoms with van der Waals surface area (Å²) < 4.78 is 1.91. The second kappa shape index (κ2) is 6.57. The van der Waals surface area contributed by atoms with E-state index in [0.717, 1.165) is 36.7 Å². The van der Waals surface area contributed by atoms with Crippen LogP contribution in [-0.2, 0) is 6.54 Å². The molecule has 0 bridgehead atoms. The standard InChI is InChI=1S/C15H20N6O/c1-11-17-7-8-21(11)14-12(3-2-5-18-14)9-19-15(22)20-13-4-6-16-10-13/h2-3,5,7-8,13,16H,4,6,9-10H2,1H3,(H2,19,20,22)/t13-/m0/s1. The molecule has 116 valence electrons. The van der Waals surface area contributed by atoms with Gasteiger partial charge in [0, 0.05) is 43.3 Å². The zero-order valence-corrected chi connectivity index (χ0v) is 12.5. The Morgan fingerprint density at radius 1 is 1.45 bits per heavy atom. The van der Waals surface area contributed by atoms with E-state index >= 15 is 0 Å². The zero-order valence-electron chi connectivity index (χ0n) is 12.5. The predicted molar refractivity (Wildman–Crippen MR) is 82.7 cm³/mol. The van der Waals surface area contributed by atoms with Crippen LogP contribution in [0.25, 0.3) is 5.82 Å². The lowest BCUT2D eigenvalue weighted by atomic mass is 10.2. The Morgan fingerprint density at radius 2 is 2.36 bits per heavy atom. The van der Waals surface area contributed by atoms with E-state index in [1.807, 2.05) is 29.8 Å². The number of carbonyl (C=O) groups is 1. The summed E-state index contributed by atoms with van der Waals surface area (Å²) >= 11 is 0. The summed E-state index contributed by atoms with van der Waals surface area (Å²) in [7, 11) is 0. The molecule has 22 heavy (non-hydrogen) atoms. The Kier molecular flexibility index (Phi) is 4.34. The van der Waals surface area contributed by atoms with E-state index < -0.39 is 0 Å². The lowest BCUT2D eigenvalue weighted by Gasteiger charge is -2.14. The molecule has 1 saturated heterocycles. The highest BCUT2D eigenvalue weighted by molar-refractivity contribution is 5.74. The average molecular weight is 300 g/mol. The summed E-state index contributed by atoms with van der Waals surface area (Å²) in [4.78, 5) is 20.6. The van der Waals surface area contributed by atoms with E-state index in [1.165, 1.54) is 0 Å². The van der Waals surface area contributed by atoms with Crippen molar-refractivity contribution in [1.82, 2.24) is 30.5 Å². The largest absolute Gasteiger partial charge is 0.334 e. The minimum Gasteiger partial charge on any atom is -0.334 e. The molecule has 1 aliphatic rings. The molecule has 0 spiro atoms. The molecular weight excluding hydrogens is 280 g/mol. The molecule has 7 nitrogen and oxygen atoms in total. The summed E-state index contributed by atoms with van der Waals surface area (Å²) in [6, 6.07) is 3.89. The van der Waals surface area contributed by atoms with Crippen molar-refractivity contribution in [1.29, 1.82) is 0 Å². The third-order valence-corrected chi connectivity index (χ3v) is 3.76. The molecule has 1 fully saturated rings. The average Bonchev–Trinajstić information content (AvgIpc) is 3.17. The van der Waals surface area contributed by atoms with Gasteiger partial charge in [-0.2, -0.15) is 0 Å². The number of rotatable bonds is 4. The number of aryl methyl sites for hydroxylation is 1. The molecular formula is C15H20N6O. The Morgan fingerprint density at radius 3 is 3.09 bits per heavy atom. The van der Waals surface area contributed by atoms with Gasteiger partial charge in [0.15, 0.2) is 0 Å². The normalized spacial score (nSPS) is 17.4. The van der Waals surface area contributed by atoms with Crippen LogP contribution in [0.2, 0.25) is 0 Å². The fourth-order valence-electron chi connectivity index (χ4n) is 2.58. The van der Waals surface area contributed by atoms with Crippen molar-refractivity contribution in [3.8, 4) is 5.82 Å². The fraction of sp³-hybridized carbons (Fsp3) is 0.400. The molecule has 1 atom stereocenters. The van der Waals surface area contributed by atoms with Crippen molar-refractivity contribution in [2.24, 2.45) is 0 Å². The van der Waals surface area contributed by atoms with Crippen LogP contribution in [0, 0.1) is 6.92 Å². The molecule has 0 aliphatic carbocycles. The van der Waals surface area contributed by atoms with Gasteiger partial charge in [0.1, 0.15) is 11.6 Å². The summed E-state index contributed by atoms with van der Waals surface area (Å²) in [5.41, 5.74) is 0.947. The lowest BCUT2D eigenvalue weighted by molar-refractivity contribution is 0.237. The van der Waals surface area contributed by atoms with E-state index in [9.17, 15) is 4.79 Å². The van der Waals surface area contributed by atoms with Crippen LogP contribution in [-0.4, -0.2) is 39.7 Å². The Balaban J connectivity index is 1.65. The first-order valence-electron chi connectivity index (χ1n) is 7.43. The van der Waals surface area contributed by atoms with Crippen LogP contribution in [0.15, 0.2) is 30.7 Å². The summed E-state index contributed by atoms with van der Waals surface area (Å²) in [6.07, 6.45) is 6.31. The fourth-order valence-corrected chi connectivity index (χ4v) is 2.58. The zero-order chi connectivity index (χ0) is 15.4. The highest BCUT2D eigenvalue weighted by Crippen LogP contribution is 2.13. The van der Waals surface area contributed by atoms with E-state index in [-0.39, 0.29) is 12.1 Å². The smallest absolute Gasteiger partial charge is 0.315 e. The molecule has 2 aromatic rings. The summed E-state index contributed by atoms with van der Waals surface area (Å²) in [6.45, 7) is 4.13. The van der Waals surface area contributed by atoms with Gasteiger partial charge in [-0.05, 0) is 26.0 Å². The minimum atomic E-state index is -0.147. The molecule has 0 saturated carbocycles. The van der Waals surface area contributed by atoms with E-state index in [4.69, 9.17) is 0 Å². The maximum Gasteiger partial charge on any atom is 0.315 e. The number of aromatic nitrogens is 3. The molecule has 0 radical (unpaired) electrons. The molecule has 2 aromatic heterocycles. The van der Waals surface area contributed by atoms with Gasteiger partial charge in [-0.15, -0.1) is 0 Å². The second-order valence-electron chi connectivity index (χ2n) is 5.35. The number of nitrogens with zero attached hydrogens (tertiary/aromatic N) is 3. The van der Waals surface area contributed by atoms with Crippen molar-refractivity contribution in [3.63, 3.8) is 0 Å². The maximum absolute atomic E-state index is 11.9. The topological polar surface area (TPSA) is 83.9 Å². The van der Waals surface area contributed by atoms with Gasteiger partial charge in [0.25, 0.3) is 0 Å². The van der Waals surface area contributed by atoms with Gasteiger partial charge in [-0.3, -0.25) is 4.57 Å². The molecule has 3 N–H and O–H groups in total. The quantitative estimate of drug-likeness (QED) is 0.777. The number of urea groups is 1. The van der Waals surface area contributed by atoms with Crippen molar-refractivity contribution in [3.05, 3.63) is 42.1 Å². The Bertz CT molecular complexity index is 647. The van der Waals surface area contributed by atoms with Crippen LogP contribution in [0.4, 0.5) is 4.79 Å². The molecule has 0 aromatic carbocycles. The lowest BCUT2D eigenvalue weighted by Crippen LogP contribution is -2.42. The predicted octanol–water partition coefficient (Wildman–Crippen LogP) is 0.737. The van der Waals surface area contributed by atoms with Crippen LogP contribution in [0.3, 0.4) is 0 Å². The molecule has 7 heteroatoms. The van der Waals surface area contributed by atoms with Crippen molar-refractivity contribution >= 4 is 6.03 Å². The molecule has 3 rings (SSSR count). The maximum atomic E-state index is 11.9. The van der Waals surface area contributed by atoms with E-state index in [2.05, 4.69) is 25.9 Å². The molecule has 3 heterocycles. The first-order valence-corrected chi connectivity index (χ1v) is 7.43. The highest BCUT2D eigenvalue weighted by Gasteiger charge is 2.16. The van der Waals surface area contributed by atoms with Gasteiger partial charge in [-0.1, -0.05) is 6.07 Å². The number of imidazole rings is 1. The highest BCUT2D eigenvalue weighted by atomic mass is 16.2. The van der Waals surface area contributed by atoms with Crippen LogP contribution in [0.5, 0.6) is 0 Å². The monoisotopic (exact) mass is 300 g/mol. The van der Waals surface area contributed by atoms with Gasteiger partial charge < -0.3 is 16.0 Å². The van der Waals surface area contributed by atoms with Crippen molar-refractivity contribution < 1.29 is 4.79 Å². The number of hydrogen-bond donors (Lipinski definition) is 3. The number of carbonyl (C=O) groups excluding carboxylic acids is 1. The number of amides is 2. The number of pyridine rings is 1. The van der Waals surface area contributed by atoms with E-state index in [0.29, 0.717) is 6.54 Å². The Labute approximate surface area is 129 Å². The third kappa shape index (κ3) is 3.25. The van der Waals surface area contributed by atoms with Crippen LogP contribution >= 0.6 is 0 Å². The molecule has 1 aliphatic heterocycles. The van der Waals surface area contributed by atoms with Crippen LogP contribution in [0.1, 0.15) is 17.8 Å². The van der Waals surface area contributed by atoms with Crippen molar-refractivity contribution in [2.75, 3.05) is 13.1 Å². The Hall–Kier alpha value is -2.41. The number of nitrogens with one attached hydrogen (secondary N) is 3. The molecule has 2 amide bonds.